The second kappa shape index (κ2) is 51.9. The lowest BCUT2D eigenvalue weighted by molar-refractivity contribution is -0.870. The number of unbranched alkanes of at least 4 members (excludes halogenated alkanes) is 41. The van der Waals surface area contributed by atoms with Crippen molar-refractivity contribution in [2.75, 3.05) is 40.9 Å². The highest BCUT2D eigenvalue weighted by Gasteiger charge is 2.23. The van der Waals surface area contributed by atoms with Gasteiger partial charge in [-0.05, 0) is 44.9 Å². The Morgan fingerprint density at radius 1 is 0.493 bits per heavy atom. The number of amides is 1. The molecule has 0 aromatic rings. The molecule has 0 aromatic heterocycles. The molecule has 0 saturated carbocycles. The summed E-state index contributed by atoms with van der Waals surface area (Å²) < 4.78 is 23.4. The lowest BCUT2D eigenvalue weighted by Gasteiger charge is -2.29. The highest BCUT2D eigenvalue weighted by atomic mass is 31.2. The van der Waals surface area contributed by atoms with Gasteiger partial charge in [0.25, 0.3) is 7.82 Å². The van der Waals surface area contributed by atoms with E-state index in [9.17, 15) is 19.4 Å². The van der Waals surface area contributed by atoms with Gasteiger partial charge < -0.3 is 28.8 Å². The first kappa shape index (κ1) is 68.0. The zero-order valence-electron chi connectivity index (χ0n) is 46.8. The van der Waals surface area contributed by atoms with Gasteiger partial charge in [-0.1, -0.05) is 276 Å². The van der Waals surface area contributed by atoms with Crippen LogP contribution in [0.3, 0.4) is 0 Å². The number of aliphatic hydroxyl groups is 1. The summed E-state index contributed by atoms with van der Waals surface area (Å²) >= 11 is 0. The average Bonchev–Trinajstić information content (AvgIpc) is 3.31. The van der Waals surface area contributed by atoms with Crippen molar-refractivity contribution in [1.29, 1.82) is 0 Å². The predicted molar refractivity (Wildman–Crippen MR) is 298 cm³/mol. The fourth-order valence-electron chi connectivity index (χ4n) is 9.15. The molecule has 3 unspecified atom stereocenters. The second-order valence-corrected chi connectivity index (χ2v) is 23.5. The third kappa shape index (κ3) is 54.6. The van der Waals surface area contributed by atoms with E-state index in [-0.39, 0.29) is 19.1 Å². The largest absolute Gasteiger partial charge is 0.756 e. The Kier molecular flexibility index (Phi) is 51.1. The third-order valence-corrected chi connectivity index (χ3v) is 14.9. The van der Waals surface area contributed by atoms with Crippen LogP contribution in [0.4, 0.5) is 0 Å². The predicted octanol–water partition coefficient (Wildman–Crippen LogP) is 17.7. The number of carbonyl (C=O) groups excluding carboxylic acids is 1. The molecule has 0 aliphatic heterocycles. The van der Waals surface area contributed by atoms with E-state index in [4.69, 9.17) is 9.05 Å². The quantitative estimate of drug-likeness (QED) is 0.0272. The van der Waals surface area contributed by atoms with Gasteiger partial charge in [-0.3, -0.25) is 9.36 Å². The van der Waals surface area contributed by atoms with E-state index in [0.29, 0.717) is 17.4 Å². The first-order valence-electron chi connectivity index (χ1n) is 30.2. The Balaban J connectivity index is 4.18. The van der Waals surface area contributed by atoms with Gasteiger partial charge in [-0.25, -0.2) is 0 Å². The Morgan fingerprint density at radius 2 is 0.797 bits per heavy atom. The first-order valence-corrected chi connectivity index (χ1v) is 31.7. The summed E-state index contributed by atoms with van der Waals surface area (Å²) in [6.45, 7) is 4.69. The van der Waals surface area contributed by atoms with Crippen molar-refractivity contribution in [3.63, 3.8) is 0 Å². The van der Waals surface area contributed by atoms with Crippen molar-refractivity contribution in [2.45, 2.75) is 315 Å². The molecule has 0 rings (SSSR count). The molecule has 0 bridgehead atoms. The van der Waals surface area contributed by atoms with Gasteiger partial charge in [0.1, 0.15) is 13.2 Å². The van der Waals surface area contributed by atoms with Crippen LogP contribution in [0.5, 0.6) is 0 Å². The van der Waals surface area contributed by atoms with Crippen molar-refractivity contribution in [2.24, 2.45) is 0 Å². The van der Waals surface area contributed by atoms with Crippen LogP contribution >= 0.6 is 7.82 Å². The lowest BCUT2D eigenvalue weighted by atomic mass is 10.0. The maximum atomic E-state index is 13.0. The number of allylic oxidation sites excluding steroid dienone is 3. The molecule has 0 aliphatic carbocycles. The Labute approximate surface area is 430 Å². The summed E-state index contributed by atoms with van der Waals surface area (Å²) in [6.07, 6.45) is 65.4. The summed E-state index contributed by atoms with van der Waals surface area (Å²) in [6, 6.07) is -0.888. The fourth-order valence-corrected chi connectivity index (χ4v) is 9.87. The minimum atomic E-state index is -4.60. The first-order chi connectivity index (χ1) is 33.5. The summed E-state index contributed by atoms with van der Waals surface area (Å²) in [5.74, 6) is -0.197. The van der Waals surface area contributed by atoms with E-state index in [1.165, 1.54) is 244 Å². The van der Waals surface area contributed by atoms with E-state index < -0.39 is 20.0 Å². The standard InChI is InChI=1S/C60H119N2O6P/c1-6-8-10-12-14-16-18-20-22-24-26-28-30-32-33-35-37-39-41-43-45-47-49-51-53-59(63)58(57-68-69(65,66)67-56-55-62(3,4)5)61-60(64)54-52-50-48-46-44-42-40-38-36-34-31-29-27-25-23-21-19-17-15-13-11-9-7-2/h34,36,51,53,58-59,63H,6-33,35,37-50,52,54-57H2,1-5H3,(H-,61,64,65,66)/b36-34-,53-51+. The topological polar surface area (TPSA) is 108 Å². The van der Waals surface area contributed by atoms with Gasteiger partial charge in [-0.2, -0.15) is 0 Å². The van der Waals surface area contributed by atoms with Crippen LogP contribution in [0.2, 0.25) is 0 Å². The SMILES string of the molecule is CCCCCCCCCCCCCC/C=C\CCCCCCCCCC(=O)NC(COP(=O)([O-])OCC[N+](C)(C)C)C(O)/C=C/CCCCCCCCCCCCCCCCCCCCCCCC. The molecule has 2 N–H and O–H groups in total. The van der Waals surface area contributed by atoms with Crippen LogP contribution in [-0.4, -0.2) is 68.5 Å². The summed E-state index contributed by atoms with van der Waals surface area (Å²) in [5.41, 5.74) is 0. The molecule has 0 radical (unpaired) electrons. The average molecular weight is 996 g/mol. The number of nitrogens with one attached hydrogen (secondary N) is 1. The van der Waals surface area contributed by atoms with Gasteiger partial charge in [0.15, 0.2) is 0 Å². The van der Waals surface area contributed by atoms with E-state index in [0.717, 1.165) is 38.5 Å². The second-order valence-electron chi connectivity index (χ2n) is 22.1. The van der Waals surface area contributed by atoms with E-state index >= 15 is 0 Å². The Morgan fingerprint density at radius 3 is 1.13 bits per heavy atom. The molecule has 9 heteroatoms. The number of quaternary nitrogens is 1. The summed E-state index contributed by atoms with van der Waals surface area (Å²) in [5, 5.41) is 13.9. The van der Waals surface area contributed by atoms with Crippen molar-refractivity contribution in [3.8, 4) is 0 Å². The van der Waals surface area contributed by atoms with Crippen molar-refractivity contribution >= 4 is 13.7 Å². The molecular weight excluding hydrogens is 876 g/mol. The van der Waals surface area contributed by atoms with Gasteiger partial charge in [0.2, 0.25) is 5.91 Å². The number of nitrogens with zero attached hydrogens (tertiary/aromatic N) is 1. The molecule has 1 amide bonds. The van der Waals surface area contributed by atoms with Gasteiger partial charge in [0, 0.05) is 6.42 Å². The summed E-state index contributed by atoms with van der Waals surface area (Å²) in [7, 11) is 1.27. The third-order valence-electron chi connectivity index (χ3n) is 13.9. The Hall–Kier alpha value is -1.02. The Bertz CT molecular complexity index is 1170. The van der Waals surface area contributed by atoms with E-state index in [2.05, 4.69) is 31.3 Å². The monoisotopic (exact) mass is 995 g/mol. The minimum Gasteiger partial charge on any atom is -0.756 e. The van der Waals surface area contributed by atoms with Crippen molar-refractivity contribution in [3.05, 3.63) is 24.3 Å². The lowest BCUT2D eigenvalue weighted by Crippen LogP contribution is -2.45. The number of phosphoric acid groups is 1. The number of likely N-dealkylation sites (N-methyl/N-ethyl adjacent to an activating group) is 1. The minimum absolute atomic E-state index is 0.000116. The zero-order valence-corrected chi connectivity index (χ0v) is 47.7. The molecule has 69 heavy (non-hydrogen) atoms. The van der Waals surface area contributed by atoms with Crippen LogP contribution in [0.1, 0.15) is 303 Å². The molecule has 8 nitrogen and oxygen atoms in total. The number of hydrogen-bond donors (Lipinski definition) is 2. The molecule has 410 valence electrons. The summed E-state index contributed by atoms with van der Waals surface area (Å²) in [4.78, 5) is 25.5. The van der Waals surface area contributed by atoms with Gasteiger partial charge >= 0.3 is 0 Å². The van der Waals surface area contributed by atoms with Crippen molar-refractivity contribution in [1.82, 2.24) is 5.32 Å². The number of hydrogen-bond acceptors (Lipinski definition) is 6. The smallest absolute Gasteiger partial charge is 0.268 e. The normalized spacial score (nSPS) is 14.0. The fraction of sp³-hybridized carbons (Fsp3) is 0.917. The van der Waals surface area contributed by atoms with Crippen molar-refractivity contribution < 1.29 is 32.9 Å². The number of phosphoric ester groups is 1. The highest BCUT2D eigenvalue weighted by Crippen LogP contribution is 2.38. The van der Waals surface area contributed by atoms with Gasteiger partial charge in [0.05, 0.1) is 39.9 Å². The van der Waals surface area contributed by atoms with Crippen LogP contribution < -0.4 is 10.2 Å². The van der Waals surface area contributed by atoms with Crippen LogP contribution in [0.25, 0.3) is 0 Å². The zero-order chi connectivity index (χ0) is 50.6. The number of rotatable bonds is 56. The molecule has 0 spiro atoms. The molecule has 0 saturated heterocycles. The van der Waals surface area contributed by atoms with Gasteiger partial charge in [-0.15, -0.1) is 0 Å². The molecule has 0 fully saturated rings. The molecule has 0 aliphatic rings. The number of aliphatic hydroxyl groups excluding tert-OH is 1. The highest BCUT2D eigenvalue weighted by molar-refractivity contribution is 7.45. The molecule has 0 heterocycles. The van der Waals surface area contributed by atoms with Crippen LogP contribution in [0, 0.1) is 0 Å². The maximum Gasteiger partial charge on any atom is 0.268 e. The number of carbonyl (C=O) groups is 1. The van der Waals surface area contributed by atoms with Crippen LogP contribution in [0.15, 0.2) is 24.3 Å². The molecule has 3 atom stereocenters. The molecule has 0 aromatic carbocycles. The van der Waals surface area contributed by atoms with E-state index in [1.54, 1.807) is 6.08 Å². The van der Waals surface area contributed by atoms with E-state index in [1.807, 2.05) is 27.2 Å². The molecular formula is C60H119N2O6P. The van der Waals surface area contributed by atoms with Crippen LogP contribution in [-0.2, 0) is 18.4 Å². The maximum absolute atomic E-state index is 13.0.